The van der Waals surface area contributed by atoms with Gasteiger partial charge in [0.2, 0.25) is 5.89 Å². The van der Waals surface area contributed by atoms with Crippen molar-refractivity contribution in [3.05, 3.63) is 11.7 Å². The highest BCUT2D eigenvalue weighted by Crippen LogP contribution is 2.37. The van der Waals surface area contributed by atoms with Crippen LogP contribution in [-0.2, 0) is 10.3 Å². The van der Waals surface area contributed by atoms with Crippen molar-refractivity contribution in [3.63, 3.8) is 0 Å². The van der Waals surface area contributed by atoms with Crippen LogP contribution < -0.4 is 5.73 Å². The van der Waals surface area contributed by atoms with Gasteiger partial charge in [-0.05, 0) is 25.5 Å². The van der Waals surface area contributed by atoms with Crippen molar-refractivity contribution in [2.45, 2.75) is 37.0 Å². The van der Waals surface area contributed by atoms with E-state index in [9.17, 15) is 0 Å². The molecule has 6 heteroatoms. The first kappa shape index (κ1) is 12.9. The molecule has 1 aliphatic heterocycles. The molecular weight excluding hydrogens is 238 g/mol. The van der Waals surface area contributed by atoms with Gasteiger partial charge in [-0.3, -0.25) is 0 Å². The van der Waals surface area contributed by atoms with Gasteiger partial charge < -0.3 is 15.0 Å². The fourth-order valence-electron chi connectivity index (χ4n) is 1.90. The number of hydrogen-bond donors (Lipinski definition) is 1. The Hall–Kier alpha value is -0.590. The van der Waals surface area contributed by atoms with E-state index in [0.29, 0.717) is 23.6 Å². The summed E-state index contributed by atoms with van der Waals surface area (Å²) in [6.45, 7) is 2.23. The summed E-state index contributed by atoms with van der Waals surface area (Å²) in [5, 5.41) is 4.31. The fourth-order valence-corrected chi connectivity index (χ4v) is 3.12. The summed E-state index contributed by atoms with van der Waals surface area (Å²) in [6, 6.07) is 0. The Morgan fingerprint density at radius 1 is 1.59 bits per heavy atom. The number of hydrogen-bond acceptors (Lipinski definition) is 6. The third-order valence-electron chi connectivity index (χ3n) is 2.85. The zero-order valence-corrected chi connectivity index (χ0v) is 11.1. The van der Waals surface area contributed by atoms with E-state index in [1.807, 2.05) is 18.7 Å². The summed E-state index contributed by atoms with van der Waals surface area (Å²) < 4.78 is 10.4. The molecule has 0 bridgehead atoms. The first-order valence-corrected chi connectivity index (χ1v) is 6.92. The largest absolute Gasteiger partial charge is 0.382 e. The molecule has 2 atom stereocenters. The van der Waals surface area contributed by atoms with Gasteiger partial charge in [-0.2, -0.15) is 4.98 Å². The van der Waals surface area contributed by atoms with Gasteiger partial charge in [-0.1, -0.05) is 11.6 Å². The lowest BCUT2D eigenvalue weighted by molar-refractivity contribution is 0.135. The third kappa shape index (κ3) is 3.00. The van der Waals surface area contributed by atoms with Crippen LogP contribution in [0.3, 0.4) is 0 Å². The van der Waals surface area contributed by atoms with Crippen LogP contribution >= 0.6 is 11.8 Å². The average molecular weight is 257 g/mol. The van der Waals surface area contributed by atoms with E-state index >= 15 is 0 Å². The first-order valence-electron chi connectivity index (χ1n) is 5.87. The SMILES string of the molecule is COCC(C)(N)c1noc(C2CCCCS2)n1. The van der Waals surface area contributed by atoms with Gasteiger partial charge in [0.05, 0.1) is 11.9 Å². The minimum Gasteiger partial charge on any atom is -0.382 e. The van der Waals surface area contributed by atoms with Crippen LogP contribution in [0.5, 0.6) is 0 Å². The number of thioether (sulfide) groups is 1. The van der Waals surface area contributed by atoms with Crippen molar-refractivity contribution >= 4 is 11.8 Å². The molecule has 0 aliphatic carbocycles. The molecule has 0 saturated carbocycles. The minimum atomic E-state index is -0.685. The predicted molar refractivity (Wildman–Crippen MR) is 66.8 cm³/mol. The van der Waals surface area contributed by atoms with Crippen molar-refractivity contribution in [3.8, 4) is 0 Å². The number of ether oxygens (including phenoxy) is 1. The van der Waals surface area contributed by atoms with Gasteiger partial charge in [0.1, 0.15) is 5.54 Å². The highest BCUT2D eigenvalue weighted by Gasteiger charge is 2.30. The van der Waals surface area contributed by atoms with Crippen LogP contribution in [0.1, 0.15) is 43.2 Å². The maximum Gasteiger partial charge on any atom is 0.239 e. The van der Waals surface area contributed by atoms with E-state index in [-0.39, 0.29) is 0 Å². The van der Waals surface area contributed by atoms with E-state index in [2.05, 4.69) is 10.1 Å². The van der Waals surface area contributed by atoms with E-state index < -0.39 is 5.54 Å². The number of nitrogens with two attached hydrogens (primary N) is 1. The Morgan fingerprint density at radius 3 is 3.06 bits per heavy atom. The standard InChI is InChI=1S/C11H19N3O2S/c1-11(12,7-15-2)10-13-9(16-14-10)8-5-3-4-6-17-8/h8H,3-7,12H2,1-2H3. The van der Waals surface area contributed by atoms with Crippen LogP contribution in [0.15, 0.2) is 4.52 Å². The summed E-state index contributed by atoms with van der Waals surface area (Å²) in [7, 11) is 1.61. The lowest BCUT2D eigenvalue weighted by atomic mass is 10.1. The molecule has 2 unspecified atom stereocenters. The summed E-state index contributed by atoms with van der Waals surface area (Å²) in [4.78, 5) is 4.42. The number of nitrogens with zero attached hydrogens (tertiary/aromatic N) is 2. The third-order valence-corrected chi connectivity index (χ3v) is 4.22. The molecular formula is C11H19N3O2S. The molecule has 1 fully saturated rings. The van der Waals surface area contributed by atoms with Gasteiger partial charge in [-0.25, -0.2) is 0 Å². The smallest absolute Gasteiger partial charge is 0.239 e. The minimum absolute atomic E-state index is 0.336. The predicted octanol–water partition coefficient (Wildman–Crippen LogP) is 1.85. The zero-order chi connectivity index (χ0) is 12.3. The van der Waals surface area contributed by atoms with Crippen LogP contribution in [0.25, 0.3) is 0 Å². The first-order chi connectivity index (χ1) is 8.13. The summed E-state index contributed by atoms with van der Waals surface area (Å²) in [6.07, 6.45) is 3.62. The molecule has 2 heterocycles. The molecule has 0 amide bonds. The van der Waals surface area contributed by atoms with Crippen LogP contribution in [0.4, 0.5) is 0 Å². The monoisotopic (exact) mass is 257 g/mol. The van der Waals surface area contributed by atoms with Crippen molar-refractivity contribution < 1.29 is 9.26 Å². The maximum absolute atomic E-state index is 6.07. The molecule has 1 aromatic rings. The second kappa shape index (κ2) is 5.37. The number of rotatable bonds is 4. The van der Waals surface area contributed by atoms with Crippen LogP contribution in [0.2, 0.25) is 0 Å². The molecule has 17 heavy (non-hydrogen) atoms. The summed E-state index contributed by atoms with van der Waals surface area (Å²) in [5.41, 5.74) is 5.39. The second-order valence-electron chi connectivity index (χ2n) is 4.66. The van der Waals surface area contributed by atoms with Gasteiger partial charge in [0, 0.05) is 7.11 Å². The Morgan fingerprint density at radius 2 is 2.41 bits per heavy atom. The molecule has 1 saturated heterocycles. The van der Waals surface area contributed by atoms with E-state index in [1.54, 1.807) is 7.11 Å². The lowest BCUT2D eigenvalue weighted by Crippen LogP contribution is -2.39. The van der Waals surface area contributed by atoms with Gasteiger partial charge in [-0.15, -0.1) is 11.8 Å². The number of methoxy groups -OCH3 is 1. The second-order valence-corrected chi connectivity index (χ2v) is 5.97. The lowest BCUT2D eigenvalue weighted by Gasteiger charge is -2.19. The molecule has 0 aromatic carbocycles. The number of aromatic nitrogens is 2. The van der Waals surface area contributed by atoms with E-state index in [1.165, 1.54) is 18.6 Å². The molecule has 96 valence electrons. The van der Waals surface area contributed by atoms with Crippen molar-refractivity contribution in [2.24, 2.45) is 5.73 Å². The molecule has 1 aromatic heterocycles. The molecule has 1 aliphatic rings. The highest BCUT2D eigenvalue weighted by molar-refractivity contribution is 7.99. The van der Waals surface area contributed by atoms with Gasteiger partial charge in [0.25, 0.3) is 0 Å². The molecule has 2 rings (SSSR count). The van der Waals surface area contributed by atoms with Crippen molar-refractivity contribution in [2.75, 3.05) is 19.5 Å². The molecule has 0 spiro atoms. The molecule has 0 radical (unpaired) electrons. The Labute approximate surface area is 105 Å². The Bertz CT molecular complexity index is 361. The average Bonchev–Trinajstić information content (AvgIpc) is 2.80. The summed E-state index contributed by atoms with van der Waals surface area (Å²) >= 11 is 1.89. The van der Waals surface area contributed by atoms with Crippen molar-refractivity contribution in [1.29, 1.82) is 0 Å². The summed E-state index contributed by atoms with van der Waals surface area (Å²) in [5.74, 6) is 2.40. The fraction of sp³-hybridized carbons (Fsp3) is 0.818. The normalized spacial score (nSPS) is 24.5. The van der Waals surface area contributed by atoms with Crippen molar-refractivity contribution in [1.82, 2.24) is 10.1 Å². The zero-order valence-electron chi connectivity index (χ0n) is 10.3. The van der Waals surface area contributed by atoms with E-state index in [4.69, 9.17) is 15.0 Å². The quantitative estimate of drug-likeness (QED) is 0.887. The maximum atomic E-state index is 6.07. The molecule has 2 N–H and O–H groups in total. The van der Waals surface area contributed by atoms with Crippen LogP contribution in [0, 0.1) is 0 Å². The van der Waals surface area contributed by atoms with Crippen LogP contribution in [-0.4, -0.2) is 29.6 Å². The topological polar surface area (TPSA) is 74.2 Å². The van der Waals surface area contributed by atoms with Gasteiger partial charge >= 0.3 is 0 Å². The Balaban J connectivity index is 2.09. The highest BCUT2D eigenvalue weighted by atomic mass is 32.2. The Kier molecular flexibility index (Phi) is 4.06. The van der Waals surface area contributed by atoms with Gasteiger partial charge in [0.15, 0.2) is 5.82 Å². The van der Waals surface area contributed by atoms with E-state index in [0.717, 1.165) is 6.42 Å². The molecule has 5 nitrogen and oxygen atoms in total.